The molecule has 1 heterocycles. The predicted molar refractivity (Wildman–Crippen MR) is 80.2 cm³/mol. The third-order valence-electron chi connectivity index (χ3n) is 2.44. The van der Waals surface area contributed by atoms with Gasteiger partial charge in [0.05, 0.1) is 6.04 Å². The van der Waals surface area contributed by atoms with Crippen molar-refractivity contribution >= 4 is 28.2 Å². The number of rotatable bonds is 6. The highest BCUT2D eigenvalue weighted by atomic mass is 32.1. The molecule has 4 N–H and O–H groups in total. The predicted octanol–water partition coefficient (Wildman–Crippen LogP) is 1.93. The molecule has 0 fully saturated rings. The van der Waals surface area contributed by atoms with Crippen LogP contribution in [0.25, 0.3) is 0 Å². The van der Waals surface area contributed by atoms with Crippen LogP contribution in [-0.4, -0.2) is 23.5 Å². The lowest BCUT2D eigenvalue weighted by Crippen LogP contribution is -2.33. The second kappa shape index (κ2) is 7.00. The van der Waals surface area contributed by atoms with Crippen molar-refractivity contribution in [3.63, 3.8) is 0 Å². The van der Waals surface area contributed by atoms with Crippen LogP contribution >= 0.6 is 11.3 Å². The Bertz CT molecular complexity index is 475. The second-order valence-electron chi connectivity index (χ2n) is 4.61. The van der Waals surface area contributed by atoms with Gasteiger partial charge in [-0.15, -0.1) is 6.42 Å². The Hall–Kier alpha value is -1.74. The monoisotopic (exact) mass is 280 g/mol. The van der Waals surface area contributed by atoms with Crippen molar-refractivity contribution in [3.8, 4) is 12.3 Å². The molecule has 0 aliphatic rings. The number of carbonyl (C=O) groups excluding carboxylic acids is 1. The Balaban J connectivity index is 2.73. The van der Waals surface area contributed by atoms with Crippen LogP contribution in [0.15, 0.2) is 0 Å². The molecule has 1 unspecified atom stereocenters. The normalized spacial score (nSPS) is 11.9. The number of thiazole rings is 1. The molecule has 0 saturated heterocycles. The molecule has 1 atom stereocenters. The first-order valence-electron chi connectivity index (χ1n) is 6.25. The van der Waals surface area contributed by atoms with Crippen molar-refractivity contribution in [2.75, 3.05) is 17.6 Å². The van der Waals surface area contributed by atoms with Crippen molar-refractivity contribution in [3.05, 3.63) is 4.88 Å². The van der Waals surface area contributed by atoms with E-state index in [0.29, 0.717) is 22.3 Å². The number of nitrogens with zero attached hydrogens (tertiary/aromatic N) is 1. The molecule has 0 saturated carbocycles. The standard InChI is InChI=1S/C13H20N4OS/c1-5-9(6-2)16-12(18)10-11(14)17-13(19-10)15-7-8(3)4/h1,8-9H,6-7,14H2,2-4H3,(H,15,17)(H,16,18). The number of anilines is 2. The van der Waals surface area contributed by atoms with Gasteiger partial charge in [-0.2, -0.15) is 0 Å². The zero-order valence-electron chi connectivity index (χ0n) is 11.5. The van der Waals surface area contributed by atoms with Crippen LogP contribution in [0, 0.1) is 18.3 Å². The zero-order valence-corrected chi connectivity index (χ0v) is 12.3. The van der Waals surface area contributed by atoms with E-state index in [1.54, 1.807) is 0 Å². The minimum atomic E-state index is -0.277. The Morgan fingerprint density at radius 2 is 2.26 bits per heavy atom. The first-order valence-corrected chi connectivity index (χ1v) is 7.06. The molecule has 0 spiro atoms. The fourth-order valence-corrected chi connectivity index (χ4v) is 2.14. The molecular weight excluding hydrogens is 260 g/mol. The van der Waals surface area contributed by atoms with Gasteiger partial charge in [0, 0.05) is 6.54 Å². The van der Waals surface area contributed by atoms with E-state index in [0.717, 1.165) is 6.54 Å². The smallest absolute Gasteiger partial charge is 0.266 e. The minimum Gasteiger partial charge on any atom is -0.382 e. The molecular formula is C13H20N4OS. The number of carbonyl (C=O) groups is 1. The molecule has 1 aromatic heterocycles. The van der Waals surface area contributed by atoms with Crippen molar-refractivity contribution in [2.24, 2.45) is 5.92 Å². The highest BCUT2D eigenvalue weighted by molar-refractivity contribution is 7.18. The number of nitrogen functional groups attached to an aromatic ring is 1. The number of terminal acetylenes is 1. The van der Waals surface area contributed by atoms with Gasteiger partial charge in [-0.25, -0.2) is 4.98 Å². The van der Waals surface area contributed by atoms with E-state index in [1.165, 1.54) is 11.3 Å². The Kier molecular flexibility index (Phi) is 5.64. The van der Waals surface area contributed by atoms with E-state index in [-0.39, 0.29) is 17.8 Å². The number of nitrogens with one attached hydrogen (secondary N) is 2. The Morgan fingerprint density at radius 3 is 2.79 bits per heavy atom. The van der Waals surface area contributed by atoms with Gasteiger partial charge < -0.3 is 16.4 Å². The molecule has 0 aliphatic carbocycles. The fraction of sp³-hybridized carbons (Fsp3) is 0.538. The Morgan fingerprint density at radius 1 is 1.58 bits per heavy atom. The van der Waals surface area contributed by atoms with E-state index >= 15 is 0 Å². The Labute approximate surface area is 118 Å². The van der Waals surface area contributed by atoms with Crippen molar-refractivity contribution in [1.82, 2.24) is 10.3 Å². The van der Waals surface area contributed by atoms with Crippen LogP contribution in [0.3, 0.4) is 0 Å². The molecule has 5 nitrogen and oxygen atoms in total. The van der Waals surface area contributed by atoms with Gasteiger partial charge >= 0.3 is 0 Å². The van der Waals surface area contributed by atoms with Crippen LogP contribution in [-0.2, 0) is 0 Å². The zero-order chi connectivity index (χ0) is 14.4. The van der Waals surface area contributed by atoms with Gasteiger partial charge in [-0.05, 0) is 12.3 Å². The van der Waals surface area contributed by atoms with Crippen molar-refractivity contribution < 1.29 is 4.79 Å². The summed E-state index contributed by atoms with van der Waals surface area (Å²) in [5, 5.41) is 6.55. The first-order chi connectivity index (χ1) is 8.97. The summed E-state index contributed by atoms with van der Waals surface area (Å²) >= 11 is 1.24. The number of hydrogen-bond acceptors (Lipinski definition) is 5. The molecule has 6 heteroatoms. The maximum atomic E-state index is 12.0. The van der Waals surface area contributed by atoms with E-state index in [1.807, 2.05) is 6.92 Å². The van der Waals surface area contributed by atoms with Crippen LogP contribution in [0.1, 0.15) is 36.9 Å². The molecule has 1 rings (SSSR count). The molecule has 19 heavy (non-hydrogen) atoms. The quantitative estimate of drug-likeness (QED) is 0.696. The summed E-state index contributed by atoms with van der Waals surface area (Å²) in [6, 6.07) is -0.277. The molecule has 104 valence electrons. The summed E-state index contributed by atoms with van der Waals surface area (Å²) in [5.74, 6) is 2.98. The fourth-order valence-electron chi connectivity index (χ4n) is 1.35. The maximum Gasteiger partial charge on any atom is 0.266 e. The minimum absolute atomic E-state index is 0.237. The van der Waals surface area contributed by atoms with E-state index < -0.39 is 0 Å². The van der Waals surface area contributed by atoms with Crippen molar-refractivity contribution in [1.29, 1.82) is 0 Å². The molecule has 1 amide bonds. The highest BCUT2D eigenvalue weighted by Gasteiger charge is 2.18. The summed E-state index contributed by atoms with van der Waals surface area (Å²) in [6.45, 7) is 6.89. The van der Waals surface area contributed by atoms with Gasteiger partial charge in [0.2, 0.25) is 0 Å². The number of nitrogens with two attached hydrogens (primary N) is 1. The van der Waals surface area contributed by atoms with E-state index in [9.17, 15) is 4.79 Å². The lowest BCUT2D eigenvalue weighted by atomic mass is 10.2. The summed E-state index contributed by atoms with van der Waals surface area (Å²) in [4.78, 5) is 16.5. The second-order valence-corrected chi connectivity index (χ2v) is 5.61. The van der Waals surface area contributed by atoms with Crippen LogP contribution in [0.4, 0.5) is 10.9 Å². The average molecular weight is 280 g/mol. The van der Waals surface area contributed by atoms with Crippen LogP contribution < -0.4 is 16.4 Å². The molecule has 0 aromatic carbocycles. The number of aromatic nitrogens is 1. The van der Waals surface area contributed by atoms with Crippen LogP contribution in [0.5, 0.6) is 0 Å². The largest absolute Gasteiger partial charge is 0.382 e. The molecule has 1 aromatic rings. The van der Waals surface area contributed by atoms with Gasteiger partial charge in [0.25, 0.3) is 5.91 Å². The SMILES string of the molecule is C#CC(CC)NC(=O)c1sc(NCC(C)C)nc1N. The lowest BCUT2D eigenvalue weighted by molar-refractivity contribution is 0.0950. The number of hydrogen-bond donors (Lipinski definition) is 3. The maximum absolute atomic E-state index is 12.0. The van der Waals surface area contributed by atoms with Gasteiger partial charge in [-0.1, -0.05) is 38.0 Å². The van der Waals surface area contributed by atoms with Gasteiger partial charge in [0.1, 0.15) is 10.7 Å². The highest BCUT2D eigenvalue weighted by Crippen LogP contribution is 2.25. The first kappa shape index (κ1) is 15.3. The van der Waals surface area contributed by atoms with E-state index in [2.05, 4.69) is 35.4 Å². The molecule has 0 bridgehead atoms. The third-order valence-corrected chi connectivity index (χ3v) is 3.46. The topological polar surface area (TPSA) is 80.0 Å². The third kappa shape index (κ3) is 4.45. The summed E-state index contributed by atoms with van der Waals surface area (Å²) in [5.41, 5.74) is 5.75. The lowest BCUT2D eigenvalue weighted by Gasteiger charge is -2.09. The summed E-state index contributed by atoms with van der Waals surface area (Å²) < 4.78 is 0. The van der Waals surface area contributed by atoms with E-state index in [4.69, 9.17) is 12.2 Å². The summed E-state index contributed by atoms with van der Waals surface area (Å²) in [6.07, 6.45) is 5.99. The van der Waals surface area contributed by atoms with Gasteiger partial charge in [0.15, 0.2) is 5.13 Å². The molecule has 0 radical (unpaired) electrons. The summed E-state index contributed by atoms with van der Waals surface area (Å²) in [7, 11) is 0. The molecule has 0 aliphatic heterocycles. The van der Waals surface area contributed by atoms with Crippen LogP contribution in [0.2, 0.25) is 0 Å². The average Bonchev–Trinajstić information content (AvgIpc) is 2.74. The van der Waals surface area contributed by atoms with Gasteiger partial charge in [-0.3, -0.25) is 4.79 Å². The number of amides is 1. The van der Waals surface area contributed by atoms with Crippen molar-refractivity contribution in [2.45, 2.75) is 33.2 Å².